The molecule has 0 amide bonds. The molecule has 13 nitrogen and oxygen atoms in total. The van der Waals surface area contributed by atoms with Crippen LogP contribution in [-0.4, -0.2) is 63.2 Å². The Labute approximate surface area is 231 Å². The van der Waals surface area contributed by atoms with E-state index in [1.807, 2.05) is 0 Å². The van der Waals surface area contributed by atoms with Crippen LogP contribution in [0.25, 0.3) is 10.9 Å². The monoisotopic (exact) mass is 602 g/mol. The molecular formula is C23H28ClN4O9PS. The molecule has 3 heterocycles. The smallest absolute Gasteiger partial charge is 0.459 e. The van der Waals surface area contributed by atoms with Crippen molar-refractivity contribution in [3.8, 4) is 5.75 Å². The number of nitrogens with one attached hydrogen (secondary N) is 2. The Balaban J connectivity index is 1.57. The highest BCUT2D eigenvalue weighted by molar-refractivity contribution is 7.52. The third-order valence-electron chi connectivity index (χ3n) is 5.98. The zero-order chi connectivity index (χ0) is 28.5. The number of H-pyrrole nitrogens is 1. The van der Waals surface area contributed by atoms with Gasteiger partial charge in [-0.1, -0.05) is 11.6 Å². The first-order valence-electron chi connectivity index (χ1n) is 11.8. The van der Waals surface area contributed by atoms with Gasteiger partial charge in [0.1, 0.15) is 35.7 Å². The quantitative estimate of drug-likeness (QED) is 0.168. The normalized spacial score (nSPS) is 25.3. The van der Waals surface area contributed by atoms with Gasteiger partial charge in [-0.25, -0.2) is 9.55 Å². The molecule has 1 saturated heterocycles. The summed E-state index contributed by atoms with van der Waals surface area (Å²) < 4.78 is 35.8. The largest absolute Gasteiger partial charge is 0.465 e. The van der Waals surface area contributed by atoms with Crippen LogP contribution in [0.4, 0.5) is 5.95 Å². The molecule has 2 aromatic heterocycles. The van der Waals surface area contributed by atoms with Gasteiger partial charge in [-0.05, 0) is 45.0 Å². The van der Waals surface area contributed by atoms with Gasteiger partial charge >= 0.3 is 13.7 Å². The number of nitrogens with zero attached hydrogens (tertiary/aromatic N) is 1. The van der Waals surface area contributed by atoms with Crippen molar-refractivity contribution in [3.05, 3.63) is 49.9 Å². The molecule has 0 radical (unpaired) electrons. The van der Waals surface area contributed by atoms with E-state index in [2.05, 4.69) is 15.1 Å². The van der Waals surface area contributed by atoms with E-state index in [0.717, 1.165) is 11.3 Å². The summed E-state index contributed by atoms with van der Waals surface area (Å²) in [5.74, 6) is -0.678. The minimum atomic E-state index is -4.28. The second-order valence-electron chi connectivity index (χ2n) is 8.98. The number of thiophene rings is 1. The molecule has 6 unspecified atom stereocenters. The predicted molar refractivity (Wildman–Crippen MR) is 144 cm³/mol. The number of carbonyl (C=O) groups excluding carboxylic acids is 1. The Morgan fingerprint density at radius 2 is 2.10 bits per heavy atom. The van der Waals surface area contributed by atoms with Crippen molar-refractivity contribution in [1.29, 1.82) is 0 Å². The fourth-order valence-electron chi connectivity index (χ4n) is 3.99. The Kier molecular flexibility index (Phi) is 8.69. The van der Waals surface area contributed by atoms with Crippen LogP contribution < -0.4 is 20.9 Å². The van der Waals surface area contributed by atoms with Gasteiger partial charge in [-0.15, -0.1) is 11.3 Å². The summed E-state index contributed by atoms with van der Waals surface area (Å²) >= 11 is 7.02. The summed E-state index contributed by atoms with van der Waals surface area (Å²) in [6, 6.07) is 4.86. The second kappa shape index (κ2) is 11.5. The number of nitrogens with two attached hydrogens (primary N) is 1. The van der Waals surface area contributed by atoms with Crippen LogP contribution in [0.15, 0.2) is 34.4 Å². The number of aromatic amines is 1. The zero-order valence-corrected chi connectivity index (χ0v) is 23.6. The number of halogens is 1. The van der Waals surface area contributed by atoms with E-state index in [0.29, 0.717) is 9.90 Å². The highest BCUT2D eigenvalue weighted by Gasteiger charge is 2.54. The van der Waals surface area contributed by atoms with Crippen LogP contribution >= 0.6 is 30.7 Å². The Morgan fingerprint density at radius 3 is 2.77 bits per heavy atom. The Hall–Kier alpha value is -2.55. The predicted octanol–water partition coefficient (Wildman–Crippen LogP) is 2.52. The fourth-order valence-corrected chi connectivity index (χ4v) is 6.77. The number of rotatable bonds is 10. The second-order valence-corrected chi connectivity index (χ2v) is 12.0. The number of carbonyl (C=O) groups is 1. The molecule has 1 fully saturated rings. The van der Waals surface area contributed by atoms with E-state index in [-0.39, 0.29) is 29.2 Å². The molecule has 6 N–H and O–H groups in total. The molecule has 0 saturated carbocycles. The highest BCUT2D eigenvalue weighted by atomic mass is 35.5. The van der Waals surface area contributed by atoms with Crippen LogP contribution in [0.1, 0.15) is 31.8 Å². The minimum absolute atomic E-state index is 0.108. The number of esters is 1. The molecule has 1 aliphatic rings. The minimum Gasteiger partial charge on any atom is -0.465 e. The first kappa shape index (κ1) is 29.4. The summed E-state index contributed by atoms with van der Waals surface area (Å²) in [7, 11) is -4.28. The fraction of sp³-hybridized carbons (Fsp3) is 0.435. The Morgan fingerprint density at radius 1 is 1.41 bits per heavy atom. The van der Waals surface area contributed by atoms with Gasteiger partial charge in [0.2, 0.25) is 5.95 Å². The molecule has 1 aliphatic heterocycles. The van der Waals surface area contributed by atoms with E-state index >= 15 is 0 Å². The van der Waals surface area contributed by atoms with Crippen LogP contribution in [0, 0.1) is 0 Å². The van der Waals surface area contributed by atoms with Gasteiger partial charge in [0.15, 0.2) is 0 Å². The van der Waals surface area contributed by atoms with Crippen molar-refractivity contribution in [2.45, 2.75) is 50.7 Å². The lowest BCUT2D eigenvalue weighted by atomic mass is 9.92. The molecule has 3 aromatic rings. The van der Waals surface area contributed by atoms with Gasteiger partial charge in [0.25, 0.3) is 5.56 Å². The van der Waals surface area contributed by atoms with Gasteiger partial charge in [0.05, 0.1) is 29.0 Å². The molecule has 1 aromatic carbocycles. The van der Waals surface area contributed by atoms with Crippen molar-refractivity contribution in [3.63, 3.8) is 0 Å². The van der Waals surface area contributed by atoms with Gasteiger partial charge in [-0.2, -0.15) is 5.09 Å². The standard InChI is InChI=1S/C23H28ClN4O9PS/c1-4-34-21(31)11(2)28-38(33,37-13-7-5-12(24)6-8-13)35-9-15-18(29)23(3,32)19(36-15)17-16-14(10-39-17)20(30)27-22(25)26-16/h5-8,10-11,15,18-19,29,32H,4,9H2,1-3H3,(H,28,33)(H3,25,26,27,30). The summed E-state index contributed by atoms with van der Waals surface area (Å²) in [6.07, 6.45) is -3.82. The van der Waals surface area contributed by atoms with E-state index in [1.165, 1.54) is 38.1 Å². The lowest BCUT2D eigenvalue weighted by Gasteiger charge is -2.26. The number of aliphatic hydroxyl groups is 2. The van der Waals surface area contributed by atoms with Crippen LogP contribution in [-0.2, 0) is 23.4 Å². The number of nitrogen functional groups attached to an aromatic ring is 1. The third-order valence-corrected chi connectivity index (χ3v) is 8.89. The number of hydrogen-bond acceptors (Lipinski definition) is 12. The first-order chi connectivity index (χ1) is 18.3. The molecule has 0 spiro atoms. The first-order valence-corrected chi connectivity index (χ1v) is 14.6. The molecule has 0 bridgehead atoms. The topological polar surface area (TPSA) is 195 Å². The zero-order valence-electron chi connectivity index (χ0n) is 21.1. The van der Waals surface area contributed by atoms with E-state index < -0.39 is 55.8 Å². The molecule has 39 heavy (non-hydrogen) atoms. The molecule has 0 aliphatic carbocycles. The summed E-state index contributed by atoms with van der Waals surface area (Å²) in [6.45, 7) is 4.00. The lowest BCUT2D eigenvalue weighted by molar-refractivity contribution is -0.144. The van der Waals surface area contributed by atoms with Gasteiger partial charge < -0.3 is 29.9 Å². The SMILES string of the molecule is CCOC(=O)C(C)NP(=O)(OCC1OC(c2scc3c(=O)[nH]c(N)nc23)C(C)(O)C1O)Oc1ccc(Cl)cc1. The third kappa shape index (κ3) is 6.28. The van der Waals surface area contributed by atoms with Gasteiger partial charge in [0, 0.05) is 10.4 Å². The number of hydrogen-bond donors (Lipinski definition) is 5. The molecule has 4 rings (SSSR count). The average Bonchev–Trinajstić information content (AvgIpc) is 3.37. The lowest BCUT2D eigenvalue weighted by Crippen LogP contribution is -2.43. The number of anilines is 1. The summed E-state index contributed by atoms with van der Waals surface area (Å²) in [5.41, 5.74) is 3.61. The Bertz CT molecular complexity index is 1450. The summed E-state index contributed by atoms with van der Waals surface area (Å²) in [4.78, 5) is 31.3. The van der Waals surface area contributed by atoms with Crippen LogP contribution in [0.2, 0.25) is 5.02 Å². The van der Waals surface area contributed by atoms with Crippen molar-refractivity contribution >= 4 is 53.5 Å². The number of aromatic nitrogens is 2. The number of benzene rings is 1. The maximum Gasteiger partial charge on any atom is 0.459 e. The molecular weight excluding hydrogens is 575 g/mol. The molecule has 16 heteroatoms. The maximum atomic E-state index is 13.7. The van der Waals surface area contributed by atoms with Crippen molar-refractivity contribution in [1.82, 2.24) is 15.1 Å². The summed E-state index contributed by atoms with van der Waals surface area (Å²) in [5, 5.41) is 26.8. The van der Waals surface area contributed by atoms with Crippen molar-refractivity contribution in [2.24, 2.45) is 0 Å². The van der Waals surface area contributed by atoms with Gasteiger partial charge in [-0.3, -0.25) is 19.1 Å². The molecule has 6 atom stereocenters. The van der Waals surface area contributed by atoms with Crippen molar-refractivity contribution in [2.75, 3.05) is 18.9 Å². The van der Waals surface area contributed by atoms with E-state index in [9.17, 15) is 24.4 Å². The number of ether oxygens (including phenoxy) is 2. The van der Waals surface area contributed by atoms with E-state index in [4.69, 9.17) is 35.9 Å². The van der Waals surface area contributed by atoms with Crippen LogP contribution in [0.5, 0.6) is 5.75 Å². The van der Waals surface area contributed by atoms with Crippen molar-refractivity contribution < 1.29 is 38.1 Å². The highest BCUT2D eigenvalue weighted by Crippen LogP contribution is 2.49. The van der Waals surface area contributed by atoms with Crippen LogP contribution in [0.3, 0.4) is 0 Å². The number of fused-ring (bicyclic) bond motifs is 1. The molecule has 212 valence electrons. The maximum absolute atomic E-state index is 13.7. The number of aliphatic hydroxyl groups excluding tert-OH is 1. The van der Waals surface area contributed by atoms with E-state index in [1.54, 1.807) is 12.3 Å². The average molecular weight is 603 g/mol.